The molecule has 0 bridgehead atoms. The van der Waals surface area contributed by atoms with E-state index >= 15 is 0 Å². The molecule has 1 fully saturated rings. The largest absolute Gasteiger partial charge is 0.487 e. The highest BCUT2D eigenvalue weighted by Gasteiger charge is 2.26. The third kappa shape index (κ3) is 2.86. The molecule has 5 heteroatoms. The lowest BCUT2D eigenvalue weighted by atomic mass is 9.96. The topological polar surface area (TPSA) is 48.7 Å². The quantitative estimate of drug-likeness (QED) is 0.805. The summed E-state index contributed by atoms with van der Waals surface area (Å²) < 4.78 is 29.5. The average molecular weight is 292 g/mol. The number of esters is 1. The Kier molecular flexibility index (Phi) is 3.82. The molecule has 0 aliphatic heterocycles. The molecule has 4 nitrogen and oxygen atoms in total. The minimum atomic E-state index is -0.913. The highest BCUT2D eigenvalue weighted by atomic mass is 19.1. The number of halogens is 1. The van der Waals surface area contributed by atoms with Crippen LogP contribution in [0, 0.1) is 0 Å². The number of benzene rings is 1. The van der Waals surface area contributed by atoms with Crippen LogP contribution in [0.25, 0.3) is 11.0 Å². The number of rotatable bonds is 3. The van der Waals surface area contributed by atoms with Gasteiger partial charge in [-0.3, -0.25) is 0 Å². The SMILES string of the molecule is COC(=O)c1cc2cc(O[C@H]3CCCC[C@@H]3F)ccc2o1. The molecule has 1 saturated carbocycles. The van der Waals surface area contributed by atoms with Crippen molar-refractivity contribution < 1.29 is 23.1 Å². The summed E-state index contributed by atoms with van der Waals surface area (Å²) in [5, 5.41) is 0.735. The van der Waals surface area contributed by atoms with Crippen molar-refractivity contribution in [2.24, 2.45) is 0 Å². The molecule has 1 aromatic carbocycles. The number of carbonyl (C=O) groups is 1. The fraction of sp³-hybridized carbons (Fsp3) is 0.438. The van der Waals surface area contributed by atoms with Crippen molar-refractivity contribution in [2.45, 2.75) is 38.0 Å². The molecule has 1 heterocycles. The van der Waals surface area contributed by atoms with Gasteiger partial charge in [-0.15, -0.1) is 0 Å². The first-order chi connectivity index (χ1) is 10.2. The number of hydrogen-bond donors (Lipinski definition) is 0. The first-order valence-electron chi connectivity index (χ1n) is 7.10. The number of hydrogen-bond acceptors (Lipinski definition) is 4. The lowest BCUT2D eigenvalue weighted by Gasteiger charge is -2.26. The van der Waals surface area contributed by atoms with Gasteiger partial charge in [-0.05, 0) is 43.5 Å². The van der Waals surface area contributed by atoms with Gasteiger partial charge in [-0.2, -0.15) is 0 Å². The van der Waals surface area contributed by atoms with E-state index in [1.807, 2.05) is 0 Å². The summed E-state index contributed by atoms with van der Waals surface area (Å²) >= 11 is 0. The molecule has 0 unspecified atom stereocenters. The molecule has 1 aromatic heterocycles. The summed E-state index contributed by atoms with van der Waals surface area (Å²) in [6, 6.07) is 6.80. The zero-order valence-electron chi connectivity index (χ0n) is 11.8. The Morgan fingerprint density at radius 2 is 2.10 bits per heavy atom. The summed E-state index contributed by atoms with van der Waals surface area (Å²) in [7, 11) is 1.30. The Morgan fingerprint density at radius 3 is 2.86 bits per heavy atom. The third-order valence-corrected chi connectivity index (χ3v) is 3.78. The van der Waals surface area contributed by atoms with Gasteiger partial charge < -0.3 is 13.9 Å². The average Bonchev–Trinajstić information content (AvgIpc) is 2.92. The van der Waals surface area contributed by atoms with Crippen LogP contribution in [-0.4, -0.2) is 25.4 Å². The van der Waals surface area contributed by atoms with E-state index in [0.29, 0.717) is 17.8 Å². The van der Waals surface area contributed by atoms with Crippen LogP contribution in [0.3, 0.4) is 0 Å². The summed E-state index contributed by atoms with van der Waals surface area (Å²) in [6.07, 6.45) is 1.91. The fourth-order valence-electron chi connectivity index (χ4n) is 2.66. The molecule has 0 radical (unpaired) electrons. The van der Waals surface area contributed by atoms with Gasteiger partial charge in [0.05, 0.1) is 7.11 Å². The van der Waals surface area contributed by atoms with Crippen LogP contribution in [0.15, 0.2) is 28.7 Å². The number of furan rings is 1. The smallest absolute Gasteiger partial charge is 0.373 e. The van der Waals surface area contributed by atoms with E-state index < -0.39 is 12.1 Å². The Balaban J connectivity index is 1.81. The molecule has 21 heavy (non-hydrogen) atoms. The molecule has 0 saturated heterocycles. The van der Waals surface area contributed by atoms with Gasteiger partial charge >= 0.3 is 5.97 Å². The second-order valence-electron chi connectivity index (χ2n) is 5.26. The Labute approximate surface area is 121 Å². The molecular formula is C16H17FO4. The Morgan fingerprint density at radius 1 is 1.29 bits per heavy atom. The maximum atomic E-state index is 13.8. The molecule has 3 rings (SSSR count). The van der Waals surface area contributed by atoms with Gasteiger partial charge in [0, 0.05) is 5.39 Å². The van der Waals surface area contributed by atoms with Crippen LogP contribution in [0.1, 0.15) is 36.2 Å². The Bertz CT molecular complexity index is 649. The zero-order valence-corrected chi connectivity index (χ0v) is 11.8. The standard InChI is InChI=1S/C16H17FO4/c1-19-16(18)15-9-10-8-11(6-7-13(10)21-15)20-14-5-3-2-4-12(14)17/h6-9,12,14H,2-5H2,1H3/t12-,14-/m0/s1. The van der Waals surface area contributed by atoms with Crippen molar-refractivity contribution in [3.05, 3.63) is 30.0 Å². The third-order valence-electron chi connectivity index (χ3n) is 3.78. The highest BCUT2D eigenvalue weighted by Crippen LogP contribution is 2.29. The van der Waals surface area contributed by atoms with Gasteiger partial charge in [-0.25, -0.2) is 9.18 Å². The summed E-state index contributed by atoms with van der Waals surface area (Å²) in [6.45, 7) is 0. The number of ether oxygens (including phenoxy) is 2. The van der Waals surface area contributed by atoms with Gasteiger partial charge in [0.1, 0.15) is 23.6 Å². The molecule has 1 aliphatic carbocycles. The fourth-order valence-corrected chi connectivity index (χ4v) is 2.66. The van der Waals surface area contributed by atoms with Gasteiger partial charge in [0.15, 0.2) is 0 Å². The van der Waals surface area contributed by atoms with E-state index in [-0.39, 0.29) is 11.9 Å². The van der Waals surface area contributed by atoms with Crippen molar-refractivity contribution in [1.82, 2.24) is 0 Å². The van der Waals surface area contributed by atoms with Crippen molar-refractivity contribution in [1.29, 1.82) is 0 Å². The van der Waals surface area contributed by atoms with Gasteiger partial charge in [0.2, 0.25) is 5.76 Å². The van der Waals surface area contributed by atoms with Crippen LogP contribution >= 0.6 is 0 Å². The van der Waals surface area contributed by atoms with Crippen LogP contribution in [0.2, 0.25) is 0 Å². The molecule has 0 spiro atoms. The van der Waals surface area contributed by atoms with Crippen molar-refractivity contribution in [3.63, 3.8) is 0 Å². The van der Waals surface area contributed by atoms with Gasteiger partial charge in [0.25, 0.3) is 0 Å². The summed E-state index contributed by atoms with van der Waals surface area (Å²) in [4.78, 5) is 11.4. The van der Waals surface area contributed by atoms with Crippen molar-refractivity contribution >= 4 is 16.9 Å². The van der Waals surface area contributed by atoms with Crippen molar-refractivity contribution in [2.75, 3.05) is 7.11 Å². The monoisotopic (exact) mass is 292 g/mol. The maximum Gasteiger partial charge on any atom is 0.373 e. The number of carbonyl (C=O) groups excluding carboxylic acids is 1. The van der Waals surface area contributed by atoms with Crippen molar-refractivity contribution in [3.8, 4) is 5.75 Å². The molecule has 0 amide bonds. The lowest BCUT2D eigenvalue weighted by Crippen LogP contribution is -2.31. The van der Waals surface area contributed by atoms with Gasteiger partial charge in [-0.1, -0.05) is 6.42 Å². The van der Waals surface area contributed by atoms with Crippen LogP contribution in [0.5, 0.6) is 5.75 Å². The highest BCUT2D eigenvalue weighted by molar-refractivity contribution is 5.92. The Hall–Kier alpha value is -2.04. The number of alkyl halides is 1. The molecule has 2 atom stereocenters. The normalized spacial score (nSPS) is 22.2. The zero-order chi connectivity index (χ0) is 14.8. The maximum absolute atomic E-state index is 13.8. The molecule has 112 valence electrons. The molecular weight excluding hydrogens is 275 g/mol. The summed E-state index contributed by atoms with van der Waals surface area (Å²) in [5.74, 6) is 0.213. The summed E-state index contributed by atoms with van der Waals surface area (Å²) in [5.41, 5.74) is 0.572. The lowest BCUT2D eigenvalue weighted by molar-refractivity contribution is 0.0567. The molecule has 0 N–H and O–H groups in total. The van der Waals surface area contributed by atoms with E-state index in [4.69, 9.17) is 9.15 Å². The minimum Gasteiger partial charge on any atom is -0.487 e. The second-order valence-corrected chi connectivity index (χ2v) is 5.26. The van der Waals surface area contributed by atoms with E-state index in [1.165, 1.54) is 7.11 Å². The molecule has 1 aliphatic rings. The predicted octanol–water partition coefficient (Wildman–Crippen LogP) is 3.88. The van der Waals surface area contributed by atoms with E-state index in [1.54, 1.807) is 24.3 Å². The first-order valence-corrected chi connectivity index (χ1v) is 7.10. The molecule has 2 aromatic rings. The second kappa shape index (κ2) is 5.76. The predicted molar refractivity (Wildman–Crippen MR) is 75.3 cm³/mol. The van der Waals surface area contributed by atoms with E-state index in [0.717, 1.165) is 24.6 Å². The van der Waals surface area contributed by atoms with Crippen LogP contribution in [-0.2, 0) is 4.74 Å². The minimum absolute atomic E-state index is 0.144. The number of fused-ring (bicyclic) bond motifs is 1. The van der Waals surface area contributed by atoms with E-state index in [2.05, 4.69) is 4.74 Å². The van der Waals surface area contributed by atoms with Crippen LogP contribution < -0.4 is 4.74 Å². The van der Waals surface area contributed by atoms with Crippen LogP contribution in [0.4, 0.5) is 4.39 Å². The van der Waals surface area contributed by atoms with E-state index in [9.17, 15) is 9.18 Å². The number of methoxy groups -OCH3 is 1. The first kappa shape index (κ1) is 13.9.